The largest absolute Gasteiger partial charge is 0.455 e. The van der Waals surface area contributed by atoms with Gasteiger partial charge >= 0.3 is 5.97 Å². The van der Waals surface area contributed by atoms with Crippen molar-refractivity contribution in [3.63, 3.8) is 0 Å². The summed E-state index contributed by atoms with van der Waals surface area (Å²) in [6.45, 7) is 0.489. The minimum absolute atomic E-state index is 0.0662. The highest BCUT2D eigenvalue weighted by Crippen LogP contribution is 2.20. The van der Waals surface area contributed by atoms with Crippen LogP contribution in [0.2, 0.25) is 5.02 Å². The highest BCUT2D eigenvalue weighted by molar-refractivity contribution is 6.30. The normalized spacial score (nSPS) is 16.1. The van der Waals surface area contributed by atoms with Crippen molar-refractivity contribution in [3.8, 4) is 0 Å². The van der Waals surface area contributed by atoms with Gasteiger partial charge in [-0.15, -0.1) is 0 Å². The van der Waals surface area contributed by atoms with E-state index in [9.17, 15) is 14.4 Å². The molecule has 0 saturated carbocycles. The van der Waals surface area contributed by atoms with Crippen LogP contribution >= 0.6 is 11.6 Å². The topological polar surface area (TPSA) is 75.7 Å². The number of likely N-dealkylation sites (tertiary alicyclic amines) is 1. The highest BCUT2D eigenvalue weighted by atomic mass is 35.5. The van der Waals surface area contributed by atoms with Crippen molar-refractivity contribution in [3.05, 3.63) is 65.2 Å². The predicted molar refractivity (Wildman–Crippen MR) is 106 cm³/mol. The van der Waals surface area contributed by atoms with Crippen molar-refractivity contribution >= 4 is 35.1 Å². The van der Waals surface area contributed by atoms with Gasteiger partial charge in [0.1, 0.15) is 0 Å². The molecule has 2 aromatic carbocycles. The molecule has 1 aliphatic heterocycles. The van der Waals surface area contributed by atoms with Crippen LogP contribution in [0.15, 0.2) is 54.6 Å². The highest BCUT2D eigenvalue weighted by Gasteiger charge is 2.35. The van der Waals surface area contributed by atoms with Crippen LogP contribution in [0.3, 0.4) is 0 Å². The van der Waals surface area contributed by atoms with Crippen LogP contribution < -0.4 is 5.32 Å². The molecule has 0 radical (unpaired) electrons. The summed E-state index contributed by atoms with van der Waals surface area (Å²) < 4.78 is 5.09. The summed E-state index contributed by atoms with van der Waals surface area (Å²) in [4.78, 5) is 37.9. The Morgan fingerprint density at radius 2 is 1.82 bits per heavy atom. The van der Waals surface area contributed by atoms with Gasteiger partial charge in [0.05, 0.1) is 5.92 Å². The second-order valence-corrected chi connectivity index (χ2v) is 7.08. The standard InChI is InChI=1S/C21H21ClN2O4/c22-17-6-8-18(9-7-17)23-19(25)14-28-21(27)16-12-20(26)24(13-16)11-10-15-4-2-1-3-5-15/h1-9,16H,10-14H2,(H,23,25)/t16-/m1/s1. The van der Waals surface area contributed by atoms with Crippen LogP contribution in [-0.2, 0) is 25.5 Å². The van der Waals surface area contributed by atoms with Crippen LogP contribution in [-0.4, -0.2) is 42.4 Å². The molecule has 0 spiro atoms. The summed E-state index contributed by atoms with van der Waals surface area (Å²) in [6, 6.07) is 16.5. The maximum atomic E-state index is 12.2. The van der Waals surface area contributed by atoms with Gasteiger partial charge in [-0.05, 0) is 36.2 Å². The number of hydrogen-bond donors (Lipinski definition) is 1. The van der Waals surface area contributed by atoms with Gasteiger partial charge in [0.2, 0.25) is 5.91 Å². The van der Waals surface area contributed by atoms with E-state index in [4.69, 9.17) is 16.3 Å². The van der Waals surface area contributed by atoms with Gasteiger partial charge < -0.3 is 15.0 Å². The average Bonchev–Trinajstić information content (AvgIpc) is 3.08. The minimum Gasteiger partial charge on any atom is -0.455 e. The Morgan fingerprint density at radius 1 is 1.11 bits per heavy atom. The summed E-state index contributed by atoms with van der Waals surface area (Å²) in [5.74, 6) is -1.57. The number of benzene rings is 2. The molecule has 1 fully saturated rings. The molecule has 3 rings (SSSR count). The fourth-order valence-corrected chi connectivity index (χ4v) is 3.17. The molecule has 146 valence electrons. The van der Waals surface area contributed by atoms with Gasteiger partial charge in [0, 0.05) is 30.2 Å². The van der Waals surface area contributed by atoms with E-state index in [2.05, 4.69) is 5.32 Å². The van der Waals surface area contributed by atoms with E-state index < -0.39 is 24.4 Å². The van der Waals surface area contributed by atoms with E-state index in [0.717, 1.165) is 12.0 Å². The third-order valence-corrected chi connectivity index (χ3v) is 4.79. The predicted octanol–water partition coefficient (Wildman–Crippen LogP) is 2.91. The van der Waals surface area contributed by atoms with Crippen LogP contribution in [0.4, 0.5) is 5.69 Å². The molecule has 1 atom stereocenters. The second kappa shape index (κ2) is 9.37. The number of carbonyl (C=O) groups excluding carboxylic acids is 3. The molecule has 0 aliphatic carbocycles. The lowest BCUT2D eigenvalue weighted by Crippen LogP contribution is -2.29. The van der Waals surface area contributed by atoms with Gasteiger partial charge in [-0.25, -0.2) is 0 Å². The van der Waals surface area contributed by atoms with Crippen LogP contribution in [0.25, 0.3) is 0 Å². The third-order valence-electron chi connectivity index (χ3n) is 4.53. The number of nitrogens with zero attached hydrogens (tertiary/aromatic N) is 1. The zero-order valence-corrected chi connectivity index (χ0v) is 16.0. The maximum Gasteiger partial charge on any atom is 0.311 e. The van der Waals surface area contributed by atoms with Crippen LogP contribution in [0.5, 0.6) is 0 Å². The Balaban J connectivity index is 1.42. The Bertz CT molecular complexity index is 839. The van der Waals surface area contributed by atoms with Crippen molar-refractivity contribution in [1.82, 2.24) is 4.90 Å². The Labute approximate surface area is 168 Å². The number of rotatable bonds is 7. The molecule has 28 heavy (non-hydrogen) atoms. The lowest BCUT2D eigenvalue weighted by atomic mass is 10.1. The first-order chi connectivity index (χ1) is 13.5. The zero-order chi connectivity index (χ0) is 19.9. The number of amides is 2. The van der Waals surface area contributed by atoms with Crippen molar-refractivity contribution in [1.29, 1.82) is 0 Å². The molecule has 1 heterocycles. The molecule has 2 amide bonds. The summed E-state index contributed by atoms with van der Waals surface area (Å²) in [5.41, 5.74) is 1.70. The SMILES string of the molecule is O=C(COC(=O)[C@@H]1CC(=O)N(CCc2ccccc2)C1)Nc1ccc(Cl)cc1. The van der Waals surface area contributed by atoms with Crippen LogP contribution in [0, 0.1) is 5.92 Å². The fourth-order valence-electron chi connectivity index (χ4n) is 3.04. The number of hydrogen-bond acceptors (Lipinski definition) is 4. The quantitative estimate of drug-likeness (QED) is 0.725. The molecule has 0 aromatic heterocycles. The second-order valence-electron chi connectivity index (χ2n) is 6.64. The molecular weight excluding hydrogens is 380 g/mol. The Hall–Kier alpha value is -2.86. The first kappa shape index (κ1) is 19.9. The molecule has 1 saturated heterocycles. The number of halogens is 1. The van der Waals surface area contributed by atoms with Crippen molar-refractivity contribution in [2.45, 2.75) is 12.8 Å². The van der Waals surface area contributed by atoms with Crippen molar-refractivity contribution < 1.29 is 19.1 Å². The van der Waals surface area contributed by atoms with Gasteiger partial charge in [0.25, 0.3) is 5.91 Å². The van der Waals surface area contributed by atoms with E-state index in [0.29, 0.717) is 23.8 Å². The summed E-state index contributed by atoms with van der Waals surface area (Å²) >= 11 is 5.79. The zero-order valence-electron chi connectivity index (χ0n) is 15.3. The maximum absolute atomic E-state index is 12.2. The lowest BCUT2D eigenvalue weighted by Gasteiger charge is -2.16. The number of esters is 1. The van der Waals surface area contributed by atoms with E-state index in [-0.39, 0.29) is 12.3 Å². The first-order valence-electron chi connectivity index (χ1n) is 9.05. The summed E-state index contributed by atoms with van der Waals surface area (Å²) in [7, 11) is 0. The number of carbonyl (C=O) groups is 3. The first-order valence-corrected chi connectivity index (χ1v) is 9.43. The van der Waals surface area contributed by atoms with Crippen LogP contribution in [0.1, 0.15) is 12.0 Å². The van der Waals surface area contributed by atoms with E-state index in [1.807, 2.05) is 30.3 Å². The Kier molecular flexibility index (Phi) is 6.66. The summed E-state index contributed by atoms with van der Waals surface area (Å²) in [6.07, 6.45) is 0.851. The third kappa shape index (κ3) is 5.57. The monoisotopic (exact) mass is 400 g/mol. The average molecular weight is 401 g/mol. The Morgan fingerprint density at radius 3 is 2.54 bits per heavy atom. The number of anilines is 1. The van der Waals surface area contributed by atoms with Gasteiger partial charge in [-0.2, -0.15) is 0 Å². The molecular formula is C21H21ClN2O4. The molecule has 7 heteroatoms. The van der Waals surface area contributed by atoms with Crippen molar-refractivity contribution in [2.75, 3.05) is 25.0 Å². The molecule has 6 nitrogen and oxygen atoms in total. The van der Waals surface area contributed by atoms with Crippen molar-refractivity contribution in [2.24, 2.45) is 5.92 Å². The molecule has 2 aromatic rings. The number of nitrogens with one attached hydrogen (secondary N) is 1. The van der Waals surface area contributed by atoms with Gasteiger partial charge in [-0.3, -0.25) is 14.4 Å². The van der Waals surface area contributed by atoms with Gasteiger partial charge in [-0.1, -0.05) is 41.9 Å². The molecule has 0 unspecified atom stereocenters. The van der Waals surface area contributed by atoms with E-state index in [1.54, 1.807) is 29.2 Å². The smallest absolute Gasteiger partial charge is 0.311 e. The lowest BCUT2D eigenvalue weighted by molar-refractivity contribution is -0.151. The molecule has 1 aliphatic rings. The fraction of sp³-hybridized carbons (Fsp3) is 0.286. The van der Waals surface area contributed by atoms with Gasteiger partial charge in [0.15, 0.2) is 6.61 Å². The number of ether oxygens (including phenoxy) is 1. The summed E-state index contributed by atoms with van der Waals surface area (Å²) in [5, 5.41) is 3.18. The molecule has 0 bridgehead atoms. The minimum atomic E-state index is -0.536. The molecule has 1 N–H and O–H groups in total. The van der Waals surface area contributed by atoms with E-state index in [1.165, 1.54) is 0 Å². The van der Waals surface area contributed by atoms with E-state index >= 15 is 0 Å².